The number of hydrogen-bond donors (Lipinski definition) is 1. The SMILES string of the molecule is C#CC#C[C@@H](O)[C@@H]1CCOC(C)(C)O1. The van der Waals surface area contributed by atoms with Gasteiger partial charge in [-0.2, -0.15) is 0 Å². The normalized spacial score (nSPS) is 26.9. The van der Waals surface area contributed by atoms with Crippen LogP contribution < -0.4 is 0 Å². The van der Waals surface area contributed by atoms with E-state index in [1.165, 1.54) is 0 Å². The Hall–Kier alpha value is -1.00. The molecule has 0 spiro atoms. The number of aliphatic hydroxyl groups is 1. The van der Waals surface area contributed by atoms with Gasteiger partial charge in [-0.3, -0.25) is 0 Å². The lowest BCUT2D eigenvalue weighted by atomic mass is 10.1. The van der Waals surface area contributed by atoms with Crippen molar-refractivity contribution in [1.29, 1.82) is 0 Å². The topological polar surface area (TPSA) is 38.7 Å². The monoisotopic (exact) mass is 194 g/mol. The summed E-state index contributed by atoms with van der Waals surface area (Å²) in [4.78, 5) is 0. The zero-order valence-electron chi connectivity index (χ0n) is 8.41. The first-order valence-corrected chi connectivity index (χ1v) is 4.51. The maximum Gasteiger partial charge on any atom is 0.163 e. The highest BCUT2D eigenvalue weighted by Crippen LogP contribution is 2.23. The Morgan fingerprint density at radius 3 is 2.86 bits per heavy atom. The second kappa shape index (κ2) is 4.48. The van der Waals surface area contributed by atoms with Gasteiger partial charge in [-0.15, -0.1) is 6.42 Å². The lowest BCUT2D eigenvalue weighted by molar-refractivity contribution is -0.283. The van der Waals surface area contributed by atoms with Crippen molar-refractivity contribution in [2.75, 3.05) is 6.61 Å². The summed E-state index contributed by atoms with van der Waals surface area (Å²) in [6, 6.07) is 0. The third kappa shape index (κ3) is 3.05. The zero-order valence-corrected chi connectivity index (χ0v) is 8.41. The van der Waals surface area contributed by atoms with Crippen LogP contribution in [0.5, 0.6) is 0 Å². The predicted molar refractivity (Wildman–Crippen MR) is 52.1 cm³/mol. The van der Waals surface area contributed by atoms with E-state index in [0.717, 1.165) is 0 Å². The Morgan fingerprint density at radius 1 is 1.57 bits per heavy atom. The average molecular weight is 194 g/mol. The molecule has 0 saturated carbocycles. The fraction of sp³-hybridized carbons (Fsp3) is 0.636. The van der Waals surface area contributed by atoms with Gasteiger partial charge < -0.3 is 14.6 Å². The van der Waals surface area contributed by atoms with Crippen LogP contribution in [0.2, 0.25) is 0 Å². The molecule has 1 N–H and O–H groups in total. The summed E-state index contributed by atoms with van der Waals surface area (Å²) in [5, 5.41) is 9.59. The molecule has 0 amide bonds. The summed E-state index contributed by atoms with van der Waals surface area (Å²) in [5.74, 6) is 6.41. The summed E-state index contributed by atoms with van der Waals surface area (Å²) in [5.41, 5.74) is 0. The lowest BCUT2D eigenvalue weighted by Gasteiger charge is -2.36. The Kier molecular flexibility index (Phi) is 3.55. The number of aliphatic hydroxyl groups excluding tert-OH is 1. The standard InChI is InChI=1S/C11H14O3/c1-4-5-6-9(12)10-7-8-13-11(2,3)14-10/h1,9-10,12H,7-8H2,2-3H3/t9-,10+/m1/s1. The first-order valence-electron chi connectivity index (χ1n) is 4.51. The van der Waals surface area contributed by atoms with Crippen LogP contribution in [0, 0.1) is 24.2 Å². The number of terminal acetylenes is 1. The van der Waals surface area contributed by atoms with Crippen LogP contribution in [0.3, 0.4) is 0 Å². The molecule has 3 heteroatoms. The minimum atomic E-state index is -0.839. The molecule has 76 valence electrons. The van der Waals surface area contributed by atoms with Crippen molar-refractivity contribution >= 4 is 0 Å². The molecule has 0 unspecified atom stereocenters. The van der Waals surface area contributed by atoms with Crippen LogP contribution >= 0.6 is 0 Å². The van der Waals surface area contributed by atoms with Gasteiger partial charge in [0.1, 0.15) is 12.2 Å². The van der Waals surface area contributed by atoms with E-state index in [1.807, 2.05) is 0 Å². The van der Waals surface area contributed by atoms with E-state index in [9.17, 15) is 5.11 Å². The van der Waals surface area contributed by atoms with Crippen molar-refractivity contribution in [3.63, 3.8) is 0 Å². The molecule has 1 rings (SSSR count). The first-order chi connectivity index (χ1) is 6.55. The van der Waals surface area contributed by atoms with Gasteiger partial charge in [0.2, 0.25) is 0 Å². The smallest absolute Gasteiger partial charge is 0.163 e. The van der Waals surface area contributed by atoms with Crippen LogP contribution in [0.4, 0.5) is 0 Å². The van der Waals surface area contributed by atoms with E-state index < -0.39 is 11.9 Å². The van der Waals surface area contributed by atoms with E-state index in [-0.39, 0.29) is 6.10 Å². The summed E-state index contributed by atoms with van der Waals surface area (Å²) >= 11 is 0. The molecule has 0 aromatic heterocycles. The minimum absolute atomic E-state index is 0.320. The molecule has 1 fully saturated rings. The second-order valence-electron chi connectivity index (χ2n) is 3.55. The Balaban J connectivity index is 2.57. The Bertz CT molecular complexity index is 290. The third-order valence-corrected chi connectivity index (χ3v) is 1.93. The van der Waals surface area contributed by atoms with Gasteiger partial charge in [-0.1, -0.05) is 5.92 Å². The predicted octanol–water partition coefficient (Wildman–Crippen LogP) is 0.525. The first kappa shape index (κ1) is 11.1. The highest BCUT2D eigenvalue weighted by molar-refractivity contribution is 5.24. The highest BCUT2D eigenvalue weighted by Gasteiger charge is 2.32. The van der Waals surface area contributed by atoms with Gasteiger partial charge in [0, 0.05) is 6.42 Å². The van der Waals surface area contributed by atoms with Gasteiger partial charge in [0.05, 0.1) is 6.61 Å². The zero-order chi connectivity index (χ0) is 10.6. The molecule has 3 nitrogen and oxygen atoms in total. The van der Waals surface area contributed by atoms with Gasteiger partial charge in [-0.05, 0) is 25.7 Å². The van der Waals surface area contributed by atoms with E-state index >= 15 is 0 Å². The summed E-state index contributed by atoms with van der Waals surface area (Å²) in [7, 11) is 0. The second-order valence-corrected chi connectivity index (χ2v) is 3.55. The summed E-state index contributed by atoms with van der Waals surface area (Å²) in [6.07, 6.45) is 4.43. The van der Waals surface area contributed by atoms with Crippen molar-refractivity contribution in [2.24, 2.45) is 0 Å². The highest BCUT2D eigenvalue weighted by atomic mass is 16.7. The Labute approximate surface area is 84.4 Å². The largest absolute Gasteiger partial charge is 0.378 e. The average Bonchev–Trinajstić information content (AvgIpc) is 2.12. The molecule has 1 heterocycles. The van der Waals surface area contributed by atoms with Crippen LogP contribution in [0.1, 0.15) is 20.3 Å². The maximum atomic E-state index is 9.59. The van der Waals surface area contributed by atoms with Crippen molar-refractivity contribution in [2.45, 2.75) is 38.3 Å². The molecule has 0 bridgehead atoms. The van der Waals surface area contributed by atoms with Crippen LogP contribution in [-0.4, -0.2) is 29.7 Å². The summed E-state index contributed by atoms with van der Waals surface area (Å²) in [6.45, 7) is 4.17. The number of ether oxygens (including phenoxy) is 2. The molecular weight excluding hydrogens is 180 g/mol. The minimum Gasteiger partial charge on any atom is -0.378 e. The van der Waals surface area contributed by atoms with E-state index in [1.54, 1.807) is 13.8 Å². The van der Waals surface area contributed by atoms with Gasteiger partial charge in [-0.25, -0.2) is 0 Å². The van der Waals surface area contributed by atoms with Crippen LogP contribution in [0.25, 0.3) is 0 Å². The van der Waals surface area contributed by atoms with E-state index in [2.05, 4.69) is 17.8 Å². The number of rotatable bonds is 1. The molecule has 0 aromatic carbocycles. The van der Waals surface area contributed by atoms with Crippen LogP contribution in [-0.2, 0) is 9.47 Å². The van der Waals surface area contributed by atoms with Crippen molar-refractivity contribution < 1.29 is 14.6 Å². The molecule has 1 aliphatic rings. The quantitative estimate of drug-likeness (QED) is 0.619. The molecule has 0 aliphatic carbocycles. The lowest BCUT2D eigenvalue weighted by Crippen LogP contribution is -2.44. The molecule has 2 atom stereocenters. The number of hydrogen-bond acceptors (Lipinski definition) is 3. The Morgan fingerprint density at radius 2 is 2.29 bits per heavy atom. The van der Waals surface area contributed by atoms with Crippen LogP contribution in [0.15, 0.2) is 0 Å². The van der Waals surface area contributed by atoms with E-state index in [4.69, 9.17) is 15.9 Å². The molecule has 1 aliphatic heterocycles. The molecule has 14 heavy (non-hydrogen) atoms. The fourth-order valence-corrected chi connectivity index (χ4v) is 1.31. The van der Waals surface area contributed by atoms with Crippen molar-refractivity contribution in [3.05, 3.63) is 0 Å². The van der Waals surface area contributed by atoms with Gasteiger partial charge in [0.15, 0.2) is 5.79 Å². The summed E-state index contributed by atoms with van der Waals surface area (Å²) < 4.78 is 10.8. The van der Waals surface area contributed by atoms with Crippen molar-refractivity contribution in [1.82, 2.24) is 0 Å². The maximum absolute atomic E-state index is 9.59. The molecule has 0 aromatic rings. The van der Waals surface area contributed by atoms with Gasteiger partial charge >= 0.3 is 0 Å². The molecular formula is C11H14O3. The fourth-order valence-electron chi connectivity index (χ4n) is 1.31. The van der Waals surface area contributed by atoms with Gasteiger partial charge in [0.25, 0.3) is 0 Å². The molecule has 1 saturated heterocycles. The van der Waals surface area contributed by atoms with E-state index in [0.29, 0.717) is 13.0 Å². The third-order valence-electron chi connectivity index (χ3n) is 1.93. The molecule has 0 radical (unpaired) electrons. The van der Waals surface area contributed by atoms with Crippen molar-refractivity contribution in [3.8, 4) is 24.2 Å².